The Morgan fingerprint density at radius 3 is 1.41 bits per heavy atom. The van der Waals surface area contributed by atoms with Gasteiger partial charge >= 0.3 is 14.2 Å². The van der Waals surface area contributed by atoms with Crippen LogP contribution in [0.15, 0.2) is 24.3 Å². The van der Waals surface area contributed by atoms with Gasteiger partial charge in [-0.1, -0.05) is 58.5 Å². The summed E-state index contributed by atoms with van der Waals surface area (Å²) in [5, 5.41) is 21.0. The second kappa shape index (κ2) is 10.1. The molecule has 0 aliphatic carbocycles. The molecular weight excluding hydrogens is 436 g/mol. The van der Waals surface area contributed by atoms with E-state index in [-0.39, 0.29) is 31.0 Å². The number of halogens is 4. The van der Waals surface area contributed by atoms with Crippen molar-refractivity contribution in [3.05, 3.63) is 44.4 Å². The van der Waals surface area contributed by atoms with Gasteiger partial charge in [-0.2, -0.15) is 0 Å². The van der Waals surface area contributed by atoms with Gasteiger partial charge in [0.15, 0.2) is 0 Å². The Morgan fingerprint density at radius 2 is 1.07 bits per heavy atom. The minimum atomic E-state index is -1.57. The van der Waals surface area contributed by atoms with Crippen molar-refractivity contribution >= 4 is 71.6 Å². The number of hydrogen-bond acceptors (Lipinski definition) is 5. The highest BCUT2D eigenvalue weighted by Crippen LogP contribution is 2.32. The maximum absolute atomic E-state index is 10.3. The van der Waals surface area contributed by atoms with Gasteiger partial charge < -0.3 is 24.1 Å². The molecule has 0 amide bonds. The SMILES string of the molecule is CCOc1ccc(B(O)OB(O)c2ccc(OCC)c(Cl)c2Cl)c(Cl)c1Cl. The van der Waals surface area contributed by atoms with Gasteiger partial charge in [0.05, 0.1) is 23.3 Å². The molecule has 0 bridgehead atoms. The van der Waals surface area contributed by atoms with Crippen LogP contribution in [0.3, 0.4) is 0 Å². The van der Waals surface area contributed by atoms with Crippen LogP contribution in [0.5, 0.6) is 11.5 Å². The van der Waals surface area contributed by atoms with E-state index in [4.69, 9.17) is 60.4 Å². The number of ether oxygens (including phenoxy) is 2. The summed E-state index contributed by atoms with van der Waals surface area (Å²) >= 11 is 24.6. The molecule has 0 spiro atoms. The molecule has 2 aromatic rings. The van der Waals surface area contributed by atoms with E-state index in [1.807, 2.05) is 0 Å². The first-order valence-electron chi connectivity index (χ1n) is 8.04. The minimum absolute atomic E-state index is 0.0538. The van der Waals surface area contributed by atoms with Crippen LogP contribution < -0.4 is 20.4 Å². The summed E-state index contributed by atoms with van der Waals surface area (Å²) in [5.74, 6) is 0.754. The third-order valence-corrected chi connectivity index (χ3v) is 5.30. The molecule has 2 aromatic carbocycles. The van der Waals surface area contributed by atoms with E-state index in [2.05, 4.69) is 0 Å². The molecule has 0 atom stereocenters. The van der Waals surface area contributed by atoms with Crippen LogP contribution in [0.2, 0.25) is 20.1 Å². The zero-order valence-corrected chi connectivity index (χ0v) is 17.5. The van der Waals surface area contributed by atoms with Gasteiger partial charge in [-0.05, 0) is 26.0 Å². The fraction of sp³-hybridized carbons (Fsp3) is 0.250. The number of rotatable bonds is 8. The number of benzene rings is 2. The van der Waals surface area contributed by atoms with Gasteiger partial charge in [-0.3, -0.25) is 0 Å². The lowest BCUT2D eigenvalue weighted by atomic mass is 9.71. The van der Waals surface area contributed by atoms with E-state index in [9.17, 15) is 10.0 Å². The van der Waals surface area contributed by atoms with Crippen molar-refractivity contribution in [2.24, 2.45) is 0 Å². The predicted molar refractivity (Wildman–Crippen MR) is 112 cm³/mol. The van der Waals surface area contributed by atoms with Gasteiger partial charge in [0.2, 0.25) is 0 Å². The highest BCUT2D eigenvalue weighted by Gasteiger charge is 2.31. The smallest absolute Gasteiger partial charge is 0.479 e. The molecule has 0 aliphatic heterocycles. The van der Waals surface area contributed by atoms with Crippen molar-refractivity contribution < 1.29 is 24.1 Å². The van der Waals surface area contributed by atoms with Crippen LogP contribution in [0.1, 0.15) is 13.8 Å². The molecule has 144 valence electrons. The first-order valence-corrected chi connectivity index (χ1v) is 9.55. The Hall–Kier alpha value is -0.790. The predicted octanol–water partition coefficient (Wildman–Crippen LogP) is 3.19. The molecule has 2 rings (SSSR count). The van der Waals surface area contributed by atoms with Crippen molar-refractivity contribution in [2.75, 3.05) is 13.2 Å². The normalized spacial score (nSPS) is 10.7. The van der Waals surface area contributed by atoms with E-state index < -0.39 is 14.2 Å². The summed E-state index contributed by atoms with van der Waals surface area (Å²) < 4.78 is 15.9. The Balaban J connectivity index is 2.22. The standard InChI is InChI=1S/C16H16B2Cl4O5/c1-3-25-11-7-5-9(13(19)15(11)21)17(23)27-18(24)10-6-8-12(26-4-2)16(22)14(10)20/h5-8,23-24H,3-4H2,1-2H3. The lowest BCUT2D eigenvalue weighted by Gasteiger charge is -2.17. The molecule has 0 heterocycles. The summed E-state index contributed by atoms with van der Waals surface area (Å²) in [5.41, 5.74) is 0.328. The quantitative estimate of drug-likeness (QED) is 0.603. The molecule has 0 saturated heterocycles. The van der Waals surface area contributed by atoms with E-state index >= 15 is 0 Å². The maximum Gasteiger partial charge on any atom is 0.479 e. The Kier molecular flexibility index (Phi) is 8.43. The average Bonchev–Trinajstić information content (AvgIpc) is 2.63. The fourth-order valence-corrected chi connectivity index (χ4v) is 3.23. The molecule has 2 N–H and O–H groups in total. The molecular formula is C16H16B2Cl4O5. The van der Waals surface area contributed by atoms with Crippen LogP contribution in [0, 0.1) is 0 Å². The van der Waals surface area contributed by atoms with Crippen molar-refractivity contribution in [3.63, 3.8) is 0 Å². The minimum Gasteiger partial charge on any atom is -0.492 e. The third-order valence-electron chi connectivity index (χ3n) is 3.54. The second-order valence-corrected chi connectivity index (χ2v) is 6.78. The Labute approximate surface area is 178 Å². The lowest BCUT2D eigenvalue weighted by Crippen LogP contribution is -2.45. The zero-order valence-electron chi connectivity index (χ0n) is 14.5. The van der Waals surface area contributed by atoms with Gasteiger partial charge in [-0.25, -0.2) is 0 Å². The third kappa shape index (κ3) is 5.18. The van der Waals surface area contributed by atoms with Crippen LogP contribution in [-0.2, 0) is 4.57 Å². The van der Waals surface area contributed by atoms with E-state index in [0.717, 1.165) is 0 Å². The molecule has 0 unspecified atom stereocenters. The number of hydrogen-bond donors (Lipinski definition) is 2. The first kappa shape index (κ1) is 22.5. The molecule has 5 nitrogen and oxygen atoms in total. The molecule has 27 heavy (non-hydrogen) atoms. The highest BCUT2D eigenvalue weighted by atomic mass is 35.5. The van der Waals surface area contributed by atoms with E-state index in [0.29, 0.717) is 24.7 Å². The summed E-state index contributed by atoms with van der Waals surface area (Å²) in [6.07, 6.45) is 0. The molecule has 0 aliphatic rings. The van der Waals surface area contributed by atoms with Gasteiger partial charge in [-0.15, -0.1) is 0 Å². The maximum atomic E-state index is 10.3. The van der Waals surface area contributed by atoms with Crippen molar-refractivity contribution in [1.82, 2.24) is 0 Å². The molecule has 0 aromatic heterocycles. The summed E-state index contributed by atoms with van der Waals surface area (Å²) in [7, 11) is -3.14. The summed E-state index contributed by atoms with van der Waals surface area (Å²) in [4.78, 5) is 0. The zero-order chi connectivity index (χ0) is 20.1. The Morgan fingerprint density at radius 1 is 0.704 bits per heavy atom. The van der Waals surface area contributed by atoms with Crippen molar-refractivity contribution in [2.45, 2.75) is 13.8 Å². The molecule has 0 radical (unpaired) electrons. The Bertz CT molecular complexity index is 743. The molecule has 0 saturated carbocycles. The highest BCUT2D eigenvalue weighted by molar-refractivity contribution is 6.76. The topological polar surface area (TPSA) is 68.2 Å². The molecule has 0 fully saturated rings. The fourth-order valence-electron chi connectivity index (χ4n) is 2.28. The van der Waals surface area contributed by atoms with Crippen LogP contribution >= 0.6 is 46.4 Å². The van der Waals surface area contributed by atoms with Crippen LogP contribution in [0.25, 0.3) is 0 Å². The summed E-state index contributed by atoms with van der Waals surface area (Å²) in [6, 6.07) is 6.08. The van der Waals surface area contributed by atoms with E-state index in [1.165, 1.54) is 12.1 Å². The van der Waals surface area contributed by atoms with Crippen LogP contribution in [0.4, 0.5) is 0 Å². The van der Waals surface area contributed by atoms with Gasteiger partial charge in [0.25, 0.3) is 0 Å². The second-order valence-electron chi connectivity index (χ2n) is 5.27. The lowest BCUT2D eigenvalue weighted by molar-refractivity contribution is 0.340. The van der Waals surface area contributed by atoms with Gasteiger partial charge in [0, 0.05) is 10.9 Å². The van der Waals surface area contributed by atoms with Crippen LogP contribution in [-0.4, -0.2) is 37.5 Å². The average molecular weight is 452 g/mol. The van der Waals surface area contributed by atoms with Gasteiger partial charge in [0.1, 0.15) is 21.5 Å². The first-order chi connectivity index (χ1) is 12.8. The monoisotopic (exact) mass is 450 g/mol. The largest absolute Gasteiger partial charge is 0.492 e. The molecule has 11 heteroatoms. The summed E-state index contributed by atoms with van der Waals surface area (Å²) in [6.45, 7) is 4.42. The van der Waals surface area contributed by atoms with Crippen molar-refractivity contribution in [3.8, 4) is 11.5 Å². The van der Waals surface area contributed by atoms with E-state index in [1.54, 1.807) is 26.0 Å². The van der Waals surface area contributed by atoms with Crippen molar-refractivity contribution in [1.29, 1.82) is 0 Å².